The molecule has 0 aromatic carbocycles. The van der Waals surface area contributed by atoms with Crippen LogP contribution in [0, 0.1) is 11.3 Å². The molecule has 7 nitrogen and oxygen atoms in total. The Morgan fingerprint density at radius 2 is 2.20 bits per heavy atom. The Balaban J connectivity index is 1.97. The molecule has 1 saturated heterocycles. The smallest absolute Gasteiger partial charge is 0.166 e. The summed E-state index contributed by atoms with van der Waals surface area (Å²) in [6, 6.07) is 2.02. The SMILES string of the molecule is N#CCn1nnnc1CN1CCOCC1. The van der Waals surface area contributed by atoms with Gasteiger partial charge in [-0.1, -0.05) is 0 Å². The van der Waals surface area contributed by atoms with E-state index in [4.69, 9.17) is 10.00 Å². The van der Waals surface area contributed by atoms with Gasteiger partial charge in [-0.2, -0.15) is 5.26 Å². The highest BCUT2D eigenvalue weighted by molar-refractivity contribution is 4.85. The molecule has 1 fully saturated rings. The average Bonchev–Trinajstić information content (AvgIpc) is 2.68. The van der Waals surface area contributed by atoms with E-state index in [9.17, 15) is 0 Å². The predicted molar refractivity (Wildman–Crippen MR) is 49.5 cm³/mol. The van der Waals surface area contributed by atoms with Gasteiger partial charge in [-0.25, -0.2) is 4.68 Å². The summed E-state index contributed by atoms with van der Waals surface area (Å²) in [5.41, 5.74) is 0. The van der Waals surface area contributed by atoms with Crippen LogP contribution in [-0.2, 0) is 17.8 Å². The summed E-state index contributed by atoms with van der Waals surface area (Å²) in [4.78, 5) is 2.21. The number of ether oxygens (including phenoxy) is 1. The summed E-state index contributed by atoms with van der Waals surface area (Å²) in [6.45, 7) is 4.16. The van der Waals surface area contributed by atoms with Crippen LogP contribution in [0.5, 0.6) is 0 Å². The summed E-state index contributed by atoms with van der Waals surface area (Å²) < 4.78 is 6.77. The third-order valence-corrected chi connectivity index (χ3v) is 2.30. The quantitative estimate of drug-likeness (QED) is 0.635. The molecule has 2 rings (SSSR count). The lowest BCUT2D eigenvalue weighted by atomic mass is 10.4. The van der Waals surface area contributed by atoms with Crippen LogP contribution in [0.2, 0.25) is 0 Å². The van der Waals surface area contributed by atoms with Gasteiger partial charge in [-0.15, -0.1) is 5.10 Å². The molecule has 0 aliphatic carbocycles. The van der Waals surface area contributed by atoms with E-state index in [0.717, 1.165) is 32.1 Å². The second-order valence-corrected chi connectivity index (χ2v) is 3.30. The lowest BCUT2D eigenvalue weighted by Gasteiger charge is -2.25. The van der Waals surface area contributed by atoms with Gasteiger partial charge in [0.15, 0.2) is 5.82 Å². The third kappa shape index (κ3) is 2.49. The number of tetrazole rings is 1. The van der Waals surface area contributed by atoms with E-state index < -0.39 is 0 Å². The van der Waals surface area contributed by atoms with Crippen molar-refractivity contribution >= 4 is 0 Å². The van der Waals surface area contributed by atoms with E-state index in [0.29, 0.717) is 6.54 Å². The molecule has 2 heterocycles. The zero-order chi connectivity index (χ0) is 10.5. The standard InChI is InChI=1S/C8H12N6O/c9-1-2-14-8(10-11-12-14)7-13-3-5-15-6-4-13/h2-7H2. The van der Waals surface area contributed by atoms with Crippen molar-refractivity contribution < 1.29 is 4.74 Å². The first kappa shape index (κ1) is 10.0. The molecule has 0 atom stereocenters. The Morgan fingerprint density at radius 3 is 2.93 bits per heavy atom. The maximum atomic E-state index is 8.57. The van der Waals surface area contributed by atoms with Gasteiger partial charge in [-0.3, -0.25) is 4.90 Å². The van der Waals surface area contributed by atoms with Gasteiger partial charge < -0.3 is 4.74 Å². The maximum absolute atomic E-state index is 8.57. The van der Waals surface area contributed by atoms with Crippen LogP contribution in [0.1, 0.15) is 5.82 Å². The van der Waals surface area contributed by atoms with Gasteiger partial charge in [0, 0.05) is 13.1 Å². The second-order valence-electron chi connectivity index (χ2n) is 3.30. The molecule has 1 aliphatic heterocycles. The molecule has 7 heteroatoms. The van der Waals surface area contributed by atoms with Crippen LogP contribution in [0.4, 0.5) is 0 Å². The van der Waals surface area contributed by atoms with Gasteiger partial charge in [-0.05, 0) is 10.4 Å². The highest BCUT2D eigenvalue weighted by Gasteiger charge is 2.14. The molecule has 80 valence electrons. The molecular formula is C8H12N6O. The van der Waals surface area contributed by atoms with Crippen LogP contribution in [0.15, 0.2) is 0 Å². The van der Waals surface area contributed by atoms with Gasteiger partial charge in [0.2, 0.25) is 0 Å². The fraction of sp³-hybridized carbons (Fsp3) is 0.750. The number of hydrogen-bond acceptors (Lipinski definition) is 6. The summed E-state index contributed by atoms with van der Waals surface area (Å²) in [7, 11) is 0. The predicted octanol–water partition coefficient (Wildman–Crippen LogP) is -0.971. The van der Waals surface area contributed by atoms with E-state index in [-0.39, 0.29) is 6.54 Å². The summed E-state index contributed by atoms with van der Waals surface area (Å²) in [5.74, 6) is 0.735. The second kappa shape index (κ2) is 4.82. The number of rotatable bonds is 3. The zero-order valence-corrected chi connectivity index (χ0v) is 8.33. The van der Waals surface area contributed by atoms with Crippen LogP contribution in [0.3, 0.4) is 0 Å². The Labute approximate surface area is 87.2 Å². The van der Waals surface area contributed by atoms with Gasteiger partial charge in [0.05, 0.1) is 25.8 Å². The molecule has 1 aliphatic rings. The van der Waals surface area contributed by atoms with Crippen molar-refractivity contribution in [1.82, 2.24) is 25.1 Å². The van der Waals surface area contributed by atoms with Crippen molar-refractivity contribution in [3.05, 3.63) is 5.82 Å². The first-order valence-corrected chi connectivity index (χ1v) is 4.82. The minimum absolute atomic E-state index is 0.201. The molecule has 0 amide bonds. The van der Waals surface area contributed by atoms with Crippen molar-refractivity contribution in [1.29, 1.82) is 5.26 Å². The van der Waals surface area contributed by atoms with Crippen LogP contribution < -0.4 is 0 Å². The lowest BCUT2D eigenvalue weighted by Crippen LogP contribution is -2.36. The summed E-state index contributed by atoms with van der Waals surface area (Å²) in [6.07, 6.45) is 0. The molecule has 15 heavy (non-hydrogen) atoms. The van der Waals surface area contributed by atoms with E-state index in [1.54, 1.807) is 0 Å². The molecule has 0 N–H and O–H groups in total. The van der Waals surface area contributed by atoms with Crippen LogP contribution >= 0.6 is 0 Å². The minimum atomic E-state index is 0.201. The number of aromatic nitrogens is 4. The van der Waals surface area contributed by atoms with Crippen LogP contribution in [-0.4, -0.2) is 51.4 Å². The van der Waals surface area contributed by atoms with Crippen molar-refractivity contribution in [2.45, 2.75) is 13.1 Å². The molecule has 1 aromatic rings. The van der Waals surface area contributed by atoms with Gasteiger partial charge >= 0.3 is 0 Å². The highest BCUT2D eigenvalue weighted by Crippen LogP contribution is 2.03. The molecule has 0 saturated carbocycles. The van der Waals surface area contributed by atoms with Gasteiger partial charge in [0.1, 0.15) is 6.54 Å². The molecule has 0 spiro atoms. The van der Waals surface area contributed by atoms with Crippen molar-refractivity contribution in [3.8, 4) is 6.07 Å². The Hall–Kier alpha value is -1.52. The van der Waals surface area contributed by atoms with Crippen LogP contribution in [0.25, 0.3) is 0 Å². The summed E-state index contributed by atoms with van der Waals surface area (Å²) >= 11 is 0. The van der Waals surface area contributed by atoms with E-state index in [1.165, 1.54) is 4.68 Å². The lowest BCUT2D eigenvalue weighted by molar-refractivity contribution is 0.0325. The minimum Gasteiger partial charge on any atom is -0.379 e. The molecule has 0 unspecified atom stereocenters. The Bertz CT molecular complexity index is 350. The fourth-order valence-corrected chi connectivity index (χ4v) is 1.49. The average molecular weight is 208 g/mol. The van der Waals surface area contributed by atoms with Gasteiger partial charge in [0.25, 0.3) is 0 Å². The fourth-order valence-electron chi connectivity index (χ4n) is 1.49. The molecule has 0 radical (unpaired) electrons. The monoisotopic (exact) mass is 208 g/mol. The molecule has 0 bridgehead atoms. The Kier molecular flexibility index (Phi) is 3.22. The number of nitriles is 1. The first-order valence-electron chi connectivity index (χ1n) is 4.82. The highest BCUT2D eigenvalue weighted by atomic mass is 16.5. The topological polar surface area (TPSA) is 79.9 Å². The maximum Gasteiger partial charge on any atom is 0.166 e. The Morgan fingerprint density at radius 1 is 1.40 bits per heavy atom. The largest absolute Gasteiger partial charge is 0.379 e. The number of nitrogens with zero attached hydrogens (tertiary/aromatic N) is 6. The summed E-state index contributed by atoms with van der Waals surface area (Å²) in [5, 5.41) is 19.8. The third-order valence-electron chi connectivity index (χ3n) is 2.30. The van der Waals surface area contributed by atoms with Crippen molar-refractivity contribution in [2.24, 2.45) is 0 Å². The van der Waals surface area contributed by atoms with Crippen molar-refractivity contribution in [2.75, 3.05) is 26.3 Å². The zero-order valence-electron chi connectivity index (χ0n) is 8.33. The molecule has 1 aromatic heterocycles. The van der Waals surface area contributed by atoms with E-state index >= 15 is 0 Å². The van der Waals surface area contributed by atoms with E-state index in [1.807, 2.05) is 6.07 Å². The number of hydrogen-bond donors (Lipinski definition) is 0. The molecular weight excluding hydrogens is 196 g/mol. The normalized spacial score (nSPS) is 17.5. The van der Waals surface area contributed by atoms with Crippen molar-refractivity contribution in [3.63, 3.8) is 0 Å². The number of morpholine rings is 1. The first-order chi connectivity index (χ1) is 7.40. The van der Waals surface area contributed by atoms with E-state index in [2.05, 4.69) is 20.4 Å².